The third kappa shape index (κ3) is 4.64. The number of amides is 1. The molecule has 0 aliphatic carbocycles. The molecule has 3 aromatic heterocycles. The van der Waals surface area contributed by atoms with Crippen molar-refractivity contribution in [1.29, 1.82) is 0 Å². The molecular formula is C24H20ClN7O3. The van der Waals surface area contributed by atoms with E-state index in [4.69, 9.17) is 21.1 Å². The lowest BCUT2D eigenvalue weighted by Gasteiger charge is -2.10. The van der Waals surface area contributed by atoms with E-state index in [1.807, 2.05) is 19.1 Å². The van der Waals surface area contributed by atoms with E-state index in [0.717, 1.165) is 5.69 Å². The number of ether oxygens (including phenoxy) is 2. The fourth-order valence-corrected chi connectivity index (χ4v) is 3.75. The Morgan fingerprint density at radius 3 is 2.71 bits per heavy atom. The summed E-state index contributed by atoms with van der Waals surface area (Å²) in [6, 6.07) is 16.1. The van der Waals surface area contributed by atoms with Gasteiger partial charge < -0.3 is 14.8 Å². The van der Waals surface area contributed by atoms with Crippen molar-refractivity contribution in [3.05, 3.63) is 77.8 Å². The quantitative estimate of drug-likeness (QED) is 0.368. The largest absolute Gasteiger partial charge is 0.497 e. The van der Waals surface area contributed by atoms with Crippen molar-refractivity contribution in [2.45, 2.75) is 6.92 Å². The minimum Gasteiger partial charge on any atom is -0.497 e. The van der Waals surface area contributed by atoms with Crippen LogP contribution in [0.3, 0.4) is 0 Å². The molecule has 0 aliphatic heterocycles. The first kappa shape index (κ1) is 22.4. The van der Waals surface area contributed by atoms with Crippen molar-refractivity contribution in [3.63, 3.8) is 0 Å². The Morgan fingerprint density at radius 1 is 1.06 bits per heavy atom. The van der Waals surface area contributed by atoms with Crippen molar-refractivity contribution in [2.24, 2.45) is 0 Å². The summed E-state index contributed by atoms with van der Waals surface area (Å²) in [5.74, 6) is 1.73. The molecule has 0 spiro atoms. The van der Waals surface area contributed by atoms with Gasteiger partial charge in [-0.1, -0.05) is 23.7 Å². The number of rotatable bonds is 7. The molecule has 11 heteroatoms. The highest BCUT2D eigenvalue weighted by Crippen LogP contribution is 2.25. The van der Waals surface area contributed by atoms with Crippen LogP contribution in [0.1, 0.15) is 5.69 Å². The van der Waals surface area contributed by atoms with E-state index < -0.39 is 0 Å². The number of anilines is 1. The minimum absolute atomic E-state index is 0.191. The van der Waals surface area contributed by atoms with Crippen LogP contribution in [-0.2, 0) is 4.79 Å². The van der Waals surface area contributed by atoms with Gasteiger partial charge in [-0.3, -0.25) is 4.79 Å². The number of carbonyl (C=O) groups excluding carboxylic acids is 1. The number of benzene rings is 2. The van der Waals surface area contributed by atoms with E-state index >= 15 is 0 Å². The number of carbonyl (C=O) groups is 1. The number of fused-ring (bicyclic) bond motifs is 1. The maximum Gasteiger partial charge on any atom is 0.263 e. The smallest absolute Gasteiger partial charge is 0.263 e. The van der Waals surface area contributed by atoms with Gasteiger partial charge >= 0.3 is 0 Å². The van der Waals surface area contributed by atoms with Gasteiger partial charge in [-0.2, -0.15) is 14.9 Å². The molecule has 0 fully saturated rings. The van der Waals surface area contributed by atoms with Crippen LogP contribution in [-0.4, -0.2) is 49.2 Å². The summed E-state index contributed by atoms with van der Waals surface area (Å²) >= 11 is 6.15. The number of nitrogens with one attached hydrogen (secondary N) is 1. The van der Waals surface area contributed by atoms with Crippen molar-refractivity contribution in [2.75, 3.05) is 19.0 Å². The maximum atomic E-state index is 12.6. The number of halogens is 1. The zero-order valence-corrected chi connectivity index (χ0v) is 19.6. The highest BCUT2D eigenvalue weighted by Gasteiger charge is 2.18. The Hall–Kier alpha value is -4.44. The lowest BCUT2D eigenvalue weighted by atomic mass is 10.3. The molecule has 0 saturated carbocycles. The van der Waals surface area contributed by atoms with Crippen LogP contribution in [0.2, 0.25) is 5.02 Å². The monoisotopic (exact) mass is 489 g/mol. The molecule has 0 aliphatic rings. The van der Waals surface area contributed by atoms with E-state index in [9.17, 15) is 4.79 Å². The van der Waals surface area contributed by atoms with Crippen LogP contribution < -0.4 is 14.8 Å². The number of aryl methyl sites for hydroxylation is 1. The molecule has 0 saturated heterocycles. The first-order valence-corrected chi connectivity index (χ1v) is 11.0. The third-order valence-corrected chi connectivity index (χ3v) is 5.34. The van der Waals surface area contributed by atoms with Gasteiger partial charge in [0.15, 0.2) is 18.1 Å². The topological polar surface area (TPSA) is 109 Å². The van der Waals surface area contributed by atoms with Crippen LogP contribution in [0.15, 0.2) is 67.1 Å². The van der Waals surface area contributed by atoms with E-state index in [0.29, 0.717) is 44.9 Å². The fraction of sp³-hybridized carbons (Fsp3) is 0.125. The summed E-state index contributed by atoms with van der Waals surface area (Å²) in [6.07, 6.45) is 3.08. The number of hydrogen-bond acceptors (Lipinski definition) is 7. The average Bonchev–Trinajstić information content (AvgIpc) is 3.46. The molecule has 0 bridgehead atoms. The van der Waals surface area contributed by atoms with E-state index in [2.05, 4.69) is 25.5 Å². The molecule has 0 radical (unpaired) electrons. The Kier molecular flexibility index (Phi) is 6.02. The maximum absolute atomic E-state index is 12.6. The van der Waals surface area contributed by atoms with Gasteiger partial charge in [-0.25, -0.2) is 14.6 Å². The number of methoxy groups -OCH3 is 1. The van der Waals surface area contributed by atoms with E-state index in [1.165, 1.54) is 6.33 Å². The molecule has 3 heterocycles. The van der Waals surface area contributed by atoms with Crippen LogP contribution in [0.5, 0.6) is 11.5 Å². The Labute approximate surface area is 205 Å². The first-order valence-electron chi connectivity index (χ1n) is 10.6. The molecule has 2 aromatic carbocycles. The molecule has 35 heavy (non-hydrogen) atoms. The average molecular weight is 490 g/mol. The van der Waals surface area contributed by atoms with Gasteiger partial charge in [0, 0.05) is 17.2 Å². The molecule has 0 atom stereocenters. The molecule has 176 valence electrons. The molecule has 5 rings (SSSR count). The molecular weight excluding hydrogens is 470 g/mol. The number of hydrogen-bond donors (Lipinski definition) is 1. The number of aromatic nitrogens is 6. The minimum atomic E-state index is -0.353. The van der Waals surface area contributed by atoms with E-state index in [-0.39, 0.29) is 12.5 Å². The zero-order valence-electron chi connectivity index (χ0n) is 18.8. The first-order chi connectivity index (χ1) is 17.0. The second kappa shape index (κ2) is 9.43. The summed E-state index contributed by atoms with van der Waals surface area (Å²) in [7, 11) is 1.57. The standard InChI is InChI=1S/C24H20ClN7O3/c1-15-9-21(29-22(33)13-35-19-8-4-7-18(11-19)34-2)32(30-15)24-20-12-28-31(23(20)26-14-27-24)17-6-3-5-16(25)10-17/h3-12,14H,13H2,1-2H3,(H,29,33). The Morgan fingerprint density at radius 2 is 1.89 bits per heavy atom. The predicted octanol–water partition coefficient (Wildman–Crippen LogP) is 3.99. The van der Waals surface area contributed by atoms with Crippen LogP contribution in [0, 0.1) is 6.92 Å². The van der Waals surface area contributed by atoms with Gasteiger partial charge in [0.25, 0.3) is 5.91 Å². The summed E-state index contributed by atoms with van der Waals surface area (Å²) < 4.78 is 14.0. The van der Waals surface area contributed by atoms with Crippen molar-refractivity contribution in [1.82, 2.24) is 29.5 Å². The Bertz CT molecular complexity index is 1530. The predicted molar refractivity (Wildman–Crippen MR) is 131 cm³/mol. The third-order valence-electron chi connectivity index (χ3n) is 5.11. The van der Waals surface area contributed by atoms with Crippen LogP contribution in [0.25, 0.3) is 22.5 Å². The van der Waals surface area contributed by atoms with Gasteiger partial charge in [0.05, 0.1) is 30.1 Å². The van der Waals surface area contributed by atoms with Gasteiger partial charge in [0.1, 0.15) is 23.6 Å². The normalized spacial score (nSPS) is 10.9. The number of nitrogens with zero attached hydrogens (tertiary/aromatic N) is 6. The molecule has 10 nitrogen and oxygen atoms in total. The highest BCUT2D eigenvalue weighted by atomic mass is 35.5. The fourth-order valence-electron chi connectivity index (χ4n) is 3.57. The lowest BCUT2D eigenvalue weighted by Crippen LogP contribution is -2.22. The lowest BCUT2D eigenvalue weighted by molar-refractivity contribution is -0.118. The van der Waals surface area contributed by atoms with Gasteiger partial charge in [0.2, 0.25) is 0 Å². The van der Waals surface area contributed by atoms with Crippen LogP contribution >= 0.6 is 11.6 Å². The second-order valence-electron chi connectivity index (χ2n) is 7.57. The van der Waals surface area contributed by atoms with Gasteiger partial charge in [-0.15, -0.1) is 0 Å². The molecule has 0 unspecified atom stereocenters. The highest BCUT2D eigenvalue weighted by molar-refractivity contribution is 6.30. The van der Waals surface area contributed by atoms with Crippen LogP contribution in [0.4, 0.5) is 5.82 Å². The molecule has 1 amide bonds. The Balaban J connectivity index is 1.42. The molecule has 1 N–H and O–H groups in total. The van der Waals surface area contributed by atoms with Crippen molar-refractivity contribution < 1.29 is 14.3 Å². The van der Waals surface area contributed by atoms with E-state index in [1.54, 1.807) is 65.1 Å². The van der Waals surface area contributed by atoms with Crippen molar-refractivity contribution >= 4 is 34.4 Å². The zero-order chi connectivity index (χ0) is 24.4. The second-order valence-corrected chi connectivity index (χ2v) is 8.01. The van der Waals surface area contributed by atoms with Gasteiger partial charge in [-0.05, 0) is 37.3 Å². The van der Waals surface area contributed by atoms with Crippen molar-refractivity contribution in [3.8, 4) is 23.0 Å². The summed E-state index contributed by atoms with van der Waals surface area (Å²) in [4.78, 5) is 21.5. The summed E-state index contributed by atoms with van der Waals surface area (Å²) in [5, 5.41) is 13.1. The summed E-state index contributed by atoms with van der Waals surface area (Å²) in [5.41, 5.74) is 2.03. The molecule has 5 aromatic rings. The SMILES string of the molecule is COc1cccc(OCC(=O)Nc2cc(C)nn2-c2ncnc3c2cnn3-c2cccc(Cl)c2)c1. The summed E-state index contributed by atoms with van der Waals surface area (Å²) in [6.45, 7) is 1.63.